The third kappa shape index (κ3) is 3.89. The molecule has 1 aliphatic rings. The van der Waals surface area contributed by atoms with Crippen LogP contribution in [0.3, 0.4) is 0 Å². The van der Waals surface area contributed by atoms with Crippen molar-refractivity contribution in [1.29, 1.82) is 0 Å². The molecule has 1 atom stereocenters. The topological polar surface area (TPSA) is 112 Å². The van der Waals surface area contributed by atoms with E-state index >= 15 is 0 Å². The molecular formula is C23H22FN7O3. The highest BCUT2D eigenvalue weighted by molar-refractivity contribution is 5.98. The van der Waals surface area contributed by atoms with E-state index in [0.29, 0.717) is 54.0 Å². The molecule has 0 N–H and O–H groups in total. The van der Waals surface area contributed by atoms with Gasteiger partial charge in [-0.2, -0.15) is 20.0 Å². The first-order valence-electron chi connectivity index (χ1n) is 11.0. The summed E-state index contributed by atoms with van der Waals surface area (Å²) in [5.41, 5.74) is 1.76. The van der Waals surface area contributed by atoms with Crippen LogP contribution in [0, 0.1) is 12.7 Å². The summed E-state index contributed by atoms with van der Waals surface area (Å²) in [5, 5.41) is 12.4. The Morgan fingerprint density at radius 1 is 1.26 bits per heavy atom. The maximum Gasteiger partial charge on any atom is 0.256 e. The molecule has 4 heterocycles. The number of ether oxygens (including phenoxy) is 1. The van der Waals surface area contributed by atoms with E-state index in [0.717, 1.165) is 6.42 Å². The summed E-state index contributed by atoms with van der Waals surface area (Å²) in [4.78, 5) is 25.4. The van der Waals surface area contributed by atoms with E-state index in [1.54, 1.807) is 30.2 Å². The van der Waals surface area contributed by atoms with Crippen LogP contribution in [0.5, 0.6) is 5.88 Å². The van der Waals surface area contributed by atoms with Gasteiger partial charge in [-0.25, -0.2) is 9.37 Å². The van der Waals surface area contributed by atoms with Crippen LogP contribution in [0.25, 0.3) is 17.1 Å². The molecule has 11 heteroatoms. The highest BCUT2D eigenvalue weighted by atomic mass is 19.1. The molecular weight excluding hydrogens is 441 g/mol. The Morgan fingerprint density at radius 3 is 2.88 bits per heavy atom. The van der Waals surface area contributed by atoms with Gasteiger partial charge in [0.1, 0.15) is 17.5 Å². The number of carbonyl (C=O) groups excluding carboxylic acids is 1. The molecule has 0 spiro atoms. The van der Waals surface area contributed by atoms with E-state index in [9.17, 15) is 9.18 Å². The van der Waals surface area contributed by atoms with Gasteiger partial charge in [-0.05, 0) is 56.5 Å². The molecule has 4 aromatic rings. The number of pyridine rings is 1. The highest BCUT2D eigenvalue weighted by Crippen LogP contribution is 2.35. The molecule has 1 aliphatic heterocycles. The quantitative estimate of drug-likeness (QED) is 0.427. The molecule has 0 bridgehead atoms. The van der Waals surface area contributed by atoms with Crippen molar-refractivity contribution >= 4 is 5.91 Å². The molecule has 0 aliphatic carbocycles. The Balaban J connectivity index is 1.48. The number of rotatable bonds is 6. The van der Waals surface area contributed by atoms with E-state index < -0.39 is 11.9 Å². The third-order valence-corrected chi connectivity index (χ3v) is 5.65. The zero-order valence-electron chi connectivity index (χ0n) is 18.7. The first kappa shape index (κ1) is 21.7. The minimum Gasteiger partial charge on any atom is -0.477 e. The van der Waals surface area contributed by atoms with Crippen LogP contribution < -0.4 is 4.74 Å². The van der Waals surface area contributed by atoms with Crippen LogP contribution in [-0.2, 0) is 0 Å². The normalized spacial score (nSPS) is 15.6. The van der Waals surface area contributed by atoms with Crippen LogP contribution >= 0.6 is 0 Å². The van der Waals surface area contributed by atoms with Gasteiger partial charge < -0.3 is 14.2 Å². The lowest BCUT2D eigenvalue weighted by Gasteiger charge is -2.23. The number of halogens is 1. The lowest BCUT2D eigenvalue weighted by molar-refractivity contribution is 0.0709. The summed E-state index contributed by atoms with van der Waals surface area (Å²) in [5.74, 6) is 0.178. The van der Waals surface area contributed by atoms with Gasteiger partial charge in [0.2, 0.25) is 17.6 Å². The molecule has 1 amide bonds. The van der Waals surface area contributed by atoms with Gasteiger partial charge in [0, 0.05) is 12.7 Å². The molecule has 3 aromatic heterocycles. The molecule has 1 unspecified atom stereocenters. The van der Waals surface area contributed by atoms with Crippen molar-refractivity contribution in [2.24, 2.45) is 0 Å². The van der Waals surface area contributed by atoms with Gasteiger partial charge in [0.05, 0.1) is 30.1 Å². The second kappa shape index (κ2) is 9.00. The van der Waals surface area contributed by atoms with Crippen LogP contribution in [-0.4, -0.2) is 54.1 Å². The smallest absolute Gasteiger partial charge is 0.256 e. The van der Waals surface area contributed by atoms with Crippen molar-refractivity contribution < 1.29 is 18.4 Å². The summed E-state index contributed by atoms with van der Waals surface area (Å²) in [6, 6.07) is 5.68. The number of hydrogen-bond donors (Lipinski definition) is 0. The van der Waals surface area contributed by atoms with Crippen molar-refractivity contribution in [2.45, 2.75) is 32.7 Å². The van der Waals surface area contributed by atoms with Crippen molar-refractivity contribution in [1.82, 2.24) is 35.0 Å². The fourth-order valence-electron chi connectivity index (χ4n) is 4.21. The van der Waals surface area contributed by atoms with Crippen LogP contribution in [0.15, 0.2) is 47.4 Å². The Bertz CT molecular complexity index is 1320. The maximum atomic E-state index is 14.3. The molecule has 0 saturated carbocycles. The van der Waals surface area contributed by atoms with Crippen LogP contribution in [0.2, 0.25) is 0 Å². The summed E-state index contributed by atoms with van der Waals surface area (Å²) in [6.07, 6.45) is 6.02. The molecule has 10 nitrogen and oxygen atoms in total. The van der Waals surface area contributed by atoms with E-state index in [1.807, 2.05) is 6.92 Å². The van der Waals surface area contributed by atoms with Gasteiger partial charge >= 0.3 is 0 Å². The number of benzene rings is 1. The second-order valence-corrected chi connectivity index (χ2v) is 7.84. The fraction of sp³-hybridized carbons (Fsp3) is 0.304. The van der Waals surface area contributed by atoms with E-state index in [2.05, 4.69) is 25.3 Å². The van der Waals surface area contributed by atoms with Gasteiger partial charge in [0.15, 0.2) is 0 Å². The fourth-order valence-corrected chi connectivity index (χ4v) is 4.21. The molecule has 1 aromatic carbocycles. The first-order valence-corrected chi connectivity index (χ1v) is 11.0. The predicted octanol–water partition coefficient (Wildman–Crippen LogP) is 3.54. The number of aryl methyl sites for hydroxylation is 1. The summed E-state index contributed by atoms with van der Waals surface area (Å²) in [6.45, 7) is 4.50. The number of likely N-dealkylation sites (tertiary alicyclic amines) is 1. The van der Waals surface area contributed by atoms with Crippen molar-refractivity contribution in [2.75, 3.05) is 13.2 Å². The Hall–Kier alpha value is -4.15. The molecule has 5 rings (SSSR count). The van der Waals surface area contributed by atoms with Crippen LogP contribution in [0.4, 0.5) is 4.39 Å². The Kier molecular flexibility index (Phi) is 5.74. The van der Waals surface area contributed by atoms with Gasteiger partial charge in [-0.15, -0.1) is 0 Å². The van der Waals surface area contributed by atoms with Crippen molar-refractivity contribution in [3.05, 3.63) is 65.7 Å². The van der Waals surface area contributed by atoms with Crippen LogP contribution in [0.1, 0.15) is 47.6 Å². The number of amides is 1. The maximum absolute atomic E-state index is 14.3. The third-order valence-electron chi connectivity index (χ3n) is 5.65. The zero-order valence-corrected chi connectivity index (χ0v) is 18.7. The Morgan fingerprint density at radius 2 is 2.09 bits per heavy atom. The summed E-state index contributed by atoms with van der Waals surface area (Å²) >= 11 is 0. The lowest BCUT2D eigenvalue weighted by atomic mass is 10.1. The van der Waals surface area contributed by atoms with E-state index in [1.165, 1.54) is 29.3 Å². The van der Waals surface area contributed by atoms with Crippen molar-refractivity contribution in [3.63, 3.8) is 0 Å². The highest BCUT2D eigenvalue weighted by Gasteiger charge is 2.36. The summed E-state index contributed by atoms with van der Waals surface area (Å²) < 4.78 is 25.5. The first-order chi connectivity index (χ1) is 16.6. The standard InChI is InChI=1S/C23H22FN7O3/c1-3-33-21-16(6-4-8-25-21)20-28-22(34-29-20)18-7-5-11-30(18)23(32)17-13-15(24)12-14(2)19(17)31-26-9-10-27-31/h4,6,8-10,12-13,18H,3,5,7,11H2,1-2H3. The number of hydrogen-bond acceptors (Lipinski definition) is 8. The SMILES string of the molecule is CCOc1ncccc1-c1noc(C2CCCN2C(=O)c2cc(F)cc(C)c2-n2nccn2)n1. The molecule has 1 fully saturated rings. The second-order valence-electron chi connectivity index (χ2n) is 7.84. The average molecular weight is 463 g/mol. The molecule has 174 valence electrons. The van der Waals surface area contributed by atoms with E-state index in [4.69, 9.17) is 9.26 Å². The molecule has 1 saturated heterocycles. The summed E-state index contributed by atoms with van der Waals surface area (Å²) in [7, 11) is 0. The number of aromatic nitrogens is 6. The largest absolute Gasteiger partial charge is 0.477 e. The van der Waals surface area contributed by atoms with E-state index in [-0.39, 0.29) is 11.5 Å². The zero-order chi connectivity index (χ0) is 23.7. The van der Waals surface area contributed by atoms with Crippen molar-refractivity contribution in [3.8, 4) is 23.0 Å². The average Bonchev–Trinajstić information content (AvgIpc) is 3.60. The van der Waals surface area contributed by atoms with Gasteiger partial charge in [-0.1, -0.05) is 5.16 Å². The predicted molar refractivity (Wildman–Crippen MR) is 118 cm³/mol. The lowest BCUT2D eigenvalue weighted by Crippen LogP contribution is -2.32. The molecule has 34 heavy (non-hydrogen) atoms. The number of carbonyl (C=O) groups is 1. The van der Waals surface area contributed by atoms with Gasteiger partial charge in [-0.3, -0.25) is 4.79 Å². The Labute approximate surface area is 194 Å². The minimum absolute atomic E-state index is 0.172. The monoisotopic (exact) mass is 463 g/mol. The molecule has 0 radical (unpaired) electrons. The number of nitrogens with zero attached hydrogens (tertiary/aromatic N) is 7. The minimum atomic E-state index is -0.507. The van der Waals surface area contributed by atoms with Gasteiger partial charge in [0.25, 0.3) is 5.91 Å².